The molecular formula is C9H18O6S. The van der Waals surface area contributed by atoms with E-state index in [-0.39, 0.29) is 0 Å². The summed E-state index contributed by atoms with van der Waals surface area (Å²) in [5.41, 5.74) is 0. The monoisotopic (exact) mass is 254 g/mol. The fourth-order valence-electron chi connectivity index (χ4n) is 1.75. The largest absolute Gasteiger partial charge is 0.394 e. The van der Waals surface area contributed by atoms with Crippen LogP contribution in [0, 0.1) is 5.92 Å². The molecule has 5 N–H and O–H groups in total. The van der Waals surface area contributed by atoms with Crippen LogP contribution >= 0.6 is 12.6 Å². The van der Waals surface area contributed by atoms with Crippen molar-refractivity contribution in [1.82, 2.24) is 0 Å². The van der Waals surface area contributed by atoms with E-state index in [2.05, 4.69) is 12.6 Å². The standard InChI is InChI=1S/C9H18O6S/c1-4(2)8(13)9(14,16)7(12)6(11)5(3-10)15-8/h4-7,10-14,16H,3H2,1-2H3/t5-,6+,7+,8-,9-/m1/s1. The second-order valence-electron chi connectivity index (χ2n) is 4.35. The van der Waals surface area contributed by atoms with E-state index in [1.165, 1.54) is 0 Å². The van der Waals surface area contributed by atoms with Gasteiger partial charge in [-0.2, -0.15) is 0 Å². The van der Waals surface area contributed by atoms with Crippen LogP contribution in [0.25, 0.3) is 0 Å². The minimum Gasteiger partial charge on any atom is -0.394 e. The van der Waals surface area contributed by atoms with Gasteiger partial charge in [-0.25, -0.2) is 0 Å². The summed E-state index contributed by atoms with van der Waals surface area (Å²) in [4.78, 5) is -2.31. The summed E-state index contributed by atoms with van der Waals surface area (Å²) < 4.78 is 5.05. The van der Waals surface area contributed by atoms with Crippen molar-refractivity contribution in [3.63, 3.8) is 0 Å². The van der Waals surface area contributed by atoms with Crippen LogP contribution in [0.3, 0.4) is 0 Å². The number of hydrogen-bond acceptors (Lipinski definition) is 7. The van der Waals surface area contributed by atoms with E-state index < -0.39 is 41.6 Å². The molecule has 0 saturated carbocycles. The highest BCUT2D eigenvalue weighted by Gasteiger charge is 2.62. The van der Waals surface area contributed by atoms with E-state index >= 15 is 0 Å². The molecule has 0 aromatic heterocycles. The summed E-state index contributed by atoms with van der Waals surface area (Å²) in [7, 11) is 0. The molecular weight excluding hydrogens is 236 g/mol. The molecule has 7 heteroatoms. The first-order chi connectivity index (χ1) is 7.18. The number of thiol groups is 1. The van der Waals surface area contributed by atoms with Gasteiger partial charge in [-0.15, -0.1) is 12.6 Å². The van der Waals surface area contributed by atoms with E-state index in [0.29, 0.717) is 0 Å². The van der Waals surface area contributed by atoms with Crippen molar-refractivity contribution in [2.45, 2.75) is 42.9 Å². The Morgan fingerprint density at radius 2 is 1.81 bits per heavy atom. The summed E-state index contributed by atoms with van der Waals surface area (Å²) in [6.45, 7) is 2.53. The molecule has 0 aliphatic carbocycles. The molecule has 0 amide bonds. The fraction of sp³-hybridized carbons (Fsp3) is 1.00. The van der Waals surface area contributed by atoms with Crippen LogP contribution in [0.15, 0.2) is 0 Å². The maximum absolute atomic E-state index is 10.1. The van der Waals surface area contributed by atoms with Crippen LogP contribution in [-0.4, -0.2) is 61.2 Å². The normalized spacial score (nSPS) is 49.7. The number of ether oxygens (including phenoxy) is 1. The third-order valence-electron chi connectivity index (χ3n) is 2.94. The number of hydrogen-bond donors (Lipinski definition) is 6. The van der Waals surface area contributed by atoms with Gasteiger partial charge in [0.15, 0.2) is 4.93 Å². The van der Waals surface area contributed by atoms with Gasteiger partial charge >= 0.3 is 0 Å². The lowest BCUT2D eigenvalue weighted by Gasteiger charge is -2.52. The summed E-state index contributed by atoms with van der Waals surface area (Å²) in [6.07, 6.45) is -4.42. The highest BCUT2D eigenvalue weighted by atomic mass is 32.1. The lowest BCUT2D eigenvalue weighted by molar-refractivity contribution is -0.375. The molecule has 0 spiro atoms. The fourth-order valence-corrected chi connectivity index (χ4v) is 2.21. The Hall–Kier alpha value is 0.110. The number of aliphatic hydroxyl groups is 5. The van der Waals surface area contributed by atoms with Crippen molar-refractivity contribution in [3.05, 3.63) is 0 Å². The topological polar surface area (TPSA) is 110 Å². The van der Waals surface area contributed by atoms with Crippen LogP contribution in [0.2, 0.25) is 0 Å². The van der Waals surface area contributed by atoms with Gasteiger partial charge in [-0.1, -0.05) is 13.8 Å². The molecule has 0 unspecified atom stereocenters. The average Bonchev–Trinajstić information content (AvgIpc) is 2.21. The Morgan fingerprint density at radius 1 is 1.31 bits per heavy atom. The van der Waals surface area contributed by atoms with Gasteiger partial charge in [0.2, 0.25) is 5.79 Å². The zero-order valence-electron chi connectivity index (χ0n) is 9.11. The van der Waals surface area contributed by atoms with Gasteiger partial charge in [-0.05, 0) is 0 Å². The molecule has 5 atom stereocenters. The second-order valence-corrected chi connectivity index (χ2v) is 5.03. The van der Waals surface area contributed by atoms with Gasteiger partial charge in [-0.3, -0.25) is 0 Å². The van der Waals surface area contributed by atoms with Gasteiger partial charge in [0.25, 0.3) is 0 Å². The van der Waals surface area contributed by atoms with Crippen molar-refractivity contribution >= 4 is 12.6 Å². The first kappa shape index (κ1) is 14.2. The molecule has 1 aliphatic rings. The zero-order valence-corrected chi connectivity index (χ0v) is 10.0. The lowest BCUT2D eigenvalue weighted by Crippen LogP contribution is -2.72. The molecule has 96 valence electrons. The SMILES string of the molecule is CC(C)[C@@]1(O)O[C@H](CO)[C@H](O)[C@H](O)[C@@]1(O)S. The Bertz CT molecular complexity index is 258. The Labute approximate surface area is 98.9 Å². The molecule has 1 fully saturated rings. The molecule has 0 bridgehead atoms. The van der Waals surface area contributed by atoms with Crippen molar-refractivity contribution in [2.75, 3.05) is 6.61 Å². The minimum absolute atomic E-state index is 0.586. The lowest BCUT2D eigenvalue weighted by atomic mass is 9.85. The highest BCUT2D eigenvalue weighted by molar-refractivity contribution is 7.81. The third kappa shape index (κ3) is 1.86. The summed E-state index contributed by atoms with van der Waals surface area (Å²) in [6, 6.07) is 0. The molecule has 6 nitrogen and oxygen atoms in total. The number of rotatable bonds is 2. The quantitative estimate of drug-likeness (QED) is 0.253. The molecule has 0 radical (unpaired) electrons. The van der Waals surface area contributed by atoms with Crippen molar-refractivity contribution in [3.8, 4) is 0 Å². The number of aliphatic hydroxyl groups excluding tert-OH is 3. The molecule has 1 rings (SSSR count). The van der Waals surface area contributed by atoms with Crippen LogP contribution in [0.5, 0.6) is 0 Å². The van der Waals surface area contributed by atoms with Crippen LogP contribution in [-0.2, 0) is 4.74 Å². The molecule has 1 aliphatic heterocycles. The average molecular weight is 254 g/mol. The molecule has 16 heavy (non-hydrogen) atoms. The predicted octanol–water partition coefficient (Wildman–Crippen LogP) is -1.94. The van der Waals surface area contributed by atoms with Gasteiger partial charge in [0.05, 0.1) is 6.61 Å². The predicted molar refractivity (Wildman–Crippen MR) is 57.7 cm³/mol. The van der Waals surface area contributed by atoms with Crippen molar-refractivity contribution in [2.24, 2.45) is 5.92 Å². The zero-order chi connectivity index (χ0) is 12.7. The van der Waals surface area contributed by atoms with Crippen LogP contribution in [0.4, 0.5) is 0 Å². The molecule has 1 heterocycles. The summed E-state index contributed by atoms with van der Waals surface area (Å²) in [5, 5.41) is 48.2. The van der Waals surface area contributed by atoms with Gasteiger partial charge in [0, 0.05) is 5.92 Å². The third-order valence-corrected chi connectivity index (χ3v) is 3.52. The maximum atomic E-state index is 10.1. The first-order valence-electron chi connectivity index (χ1n) is 5.00. The Kier molecular flexibility index (Phi) is 3.91. The molecule has 0 aromatic carbocycles. The maximum Gasteiger partial charge on any atom is 0.210 e. The van der Waals surface area contributed by atoms with Crippen molar-refractivity contribution in [1.29, 1.82) is 0 Å². The van der Waals surface area contributed by atoms with Crippen LogP contribution in [0.1, 0.15) is 13.8 Å². The van der Waals surface area contributed by atoms with Crippen LogP contribution < -0.4 is 0 Å². The summed E-state index contributed by atoms with van der Waals surface area (Å²) in [5.74, 6) is -2.74. The van der Waals surface area contributed by atoms with Gasteiger partial charge < -0.3 is 30.3 Å². The molecule has 0 aromatic rings. The van der Waals surface area contributed by atoms with E-state index in [1.54, 1.807) is 13.8 Å². The smallest absolute Gasteiger partial charge is 0.210 e. The Balaban J connectivity index is 3.10. The van der Waals surface area contributed by atoms with Gasteiger partial charge in [0.1, 0.15) is 18.3 Å². The van der Waals surface area contributed by atoms with E-state index in [9.17, 15) is 20.4 Å². The van der Waals surface area contributed by atoms with E-state index in [4.69, 9.17) is 9.84 Å². The van der Waals surface area contributed by atoms with E-state index in [1.807, 2.05) is 0 Å². The first-order valence-corrected chi connectivity index (χ1v) is 5.45. The second kappa shape index (κ2) is 4.41. The minimum atomic E-state index is -2.31. The van der Waals surface area contributed by atoms with E-state index in [0.717, 1.165) is 0 Å². The summed E-state index contributed by atoms with van der Waals surface area (Å²) >= 11 is 3.76. The molecule has 1 saturated heterocycles. The highest BCUT2D eigenvalue weighted by Crippen LogP contribution is 2.43. The van der Waals surface area contributed by atoms with Crippen molar-refractivity contribution < 1.29 is 30.3 Å². The Morgan fingerprint density at radius 3 is 2.19 bits per heavy atom.